The van der Waals surface area contributed by atoms with E-state index < -0.39 is 53.0 Å². The first kappa shape index (κ1) is 44.8. The predicted octanol–water partition coefficient (Wildman–Crippen LogP) is 5.64. The number of fused-ring (bicyclic) bond motifs is 1. The van der Waals surface area contributed by atoms with Gasteiger partial charge < -0.3 is 44.4 Å². The summed E-state index contributed by atoms with van der Waals surface area (Å²) >= 11 is 6.02. The number of likely N-dealkylation sites (tertiary alicyclic amines) is 3. The molecule has 0 radical (unpaired) electrons. The number of aromatic hydroxyl groups is 1. The summed E-state index contributed by atoms with van der Waals surface area (Å²) in [6.45, 7) is 3.63. The molecular weight excluding hydrogens is 809 g/mol. The SMILES string of the molecule is CN(C)C(=O)COC(=O)CCN1CCC(C2CCN(C(=O)[C@@H](Cc3cc(Cl)c(O)c(C(F)(F)F)c3)OC(=O)N3CCC(N4CCc5ccccc5NC4=O)CC3)CC2)CC1. The molecule has 5 amide bonds. The highest BCUT2D eigenvalue weighted by molar-refractivity contribution is 6.32. The normalized spacial score (nSPS) is 19.2. The fourth-order valence-electron chi connectivity index (χ4n) is 8.71. The number of urea groups is 1. The van der Waals surface area contributed by atoms with Crippen molar-refractivity contribution >= 4 is 47.2 Å². The number of alkyl halides is 3. The van der Waals surface area contributed by atoms with Gasteiger partial charge in [0.25, 0.3) is 11.8 Å². The summed E-state index contributed by atoms with van der Waals surface area (Å²) in [7, 11) is 3.19. The third kappa shape index (κ3) is 11.3. The van der Waals surface area contributed by atoms with E-state index >= 15 is 0 Å². The number of anilines is 1. The molecule has 6 rings (SSSR count). The number of nitrogens with one attached hydrogen (secondary N) is 1. The van der Waals surface area contributed by atoms with Crippen molar-refractivity contribution < 1.29 is 51.7 Å². The fraction of sp³-hybridized carbons (Fsp3) is 0.595. The molecular formula is C42H54ClF3N6O8. The third-order valence-corrected chi connectivity index (χ3v) is 12.6. The molecule has 0 bridgehead atoms. The number of nitrogens with zero attached hydrogens (tertiary/aromatic N) is 5. The number of piperidine rings is 3. The molecule has 4 heterocycles. The highest BCUT2D eigenvalue weighted by Gasteiger charge is 2.39. The van der Waals surface area contributed by atoms with Crippen LogP contribution in [0.3, 0.4) is 0 Å². The van der Waals surface area contributed by atoms with Crippen LogP contribution in [0.25, 0.3) is 0 Å². The Hall–Kier alpha value is -4.77. The quantitative estimate of drug-likeness (QED) is 0.274. The monoisotopic (exact) mass is 862 g/mol. The summed E-state index contributed by atoms with van der Waals surface area (Å²) in [5.74, 6) is -1.60. The molecule has 2 N–H and O–H groups in total. The van der Waals surface area contributed by atoms with Crippen LogP contribution in [0, 0.1) is 11.8 Å². The van der Waals surface area contributed by atoms with Crippen LogP contribution in [0.15, 0.2) is 36.4 Å². The van der Waals surface area contributed by atoms with Crippen LogP contribution in [0.5, 0.6) is 5.75 Å². The molecule has 328 valence electrons. The van der Waals surface area contributed by atoms with Gasteiger partial charge in [0.2, 0.25) is 0 Å². The van der Waals surface area contributed by atoms with Crippen molar-refractivity contribution in [3.05, 3.63) is 58.1 Å². The number of phenols is 1. The van der Waals surface area contributed by atoms with Gasteiger partial charge in [-0.05, 0) is 99.2 Å². The number of amides is 5. The Morgan fingerprint density at radius 3 is 2.20 bits per heavy atom. The van der Waals surface area contributed by atoms with Crippen molar-refractivity contribution in [2.24, 2.45) is 11.8 Å². The van der Waals surface area contributed by atoms with E-state index in [1.807, 2.05) is 24.3 Å². The third-order valence-electron chi connectivity index (χ3n) is 12.3. The lowest BCUT2D eigenvalue weighted by Crippen LogP contribution is -2.52. The predicted molar refractivity (Wildman–Crippen MR) is 215 cm³/mol. The molecule has 1 atom stereocenters. The average molecular weight is 863 g/mol. The zero-order valence-electron chi connectivity index (χ0n) is 34.1. The Morgan fingerprint density at radius 1 is 0.917 bits per heavy atom. The first-order chi connectivity index (χ1) is 28.6. The number of carbonyl (C=O) groups excluding carboxylic acids is 5. The minimum atomic E-state index is -4.92. The van der Waals surface area contributed by atoms with Crippen LogP contribution >= 0.6 is 11.6 Å². The van der Waals surface area contributed by atoms with Gasteiger partial charge in [-0.15, -0.1) is 0 Å². The van der Waals surface area contributed by atoms with Crippen molar-refractivity contribution in [3.8, 4) is 5.75 Å². The lowest BCUT2D eigenvalue weighted by Gasteiger charge is -2.41. The van der Waals surface area contributed by atoms with Crippen LogP contribution in [0.2, 0.25) is 5.02 Å². The van der Waals surface area contributed by atoms with Crippen molar-refractivity contribution in [1.82, 2.24) is 24.5 Å². The number of para-hydroxylation sites is 1. The zero-order valence-corrected chi connectivity index (χ0v) is 34.8. The largest absolute Gasteiger partial charge is 0.506 e. The van der Waals surface area contributed by atoms with Gasteiger partial charge in [-0.25, -0.2) is 9.59 Å². The van der Waals surface area contributed by atoms with E-state index in [1.54, 1.807) is 23.9 Å². The van der Waals surface area contributed by atoms with Crippen LogP contribution in [-0.4, -0.2) is 145 Å². The van der Waals surface area contributed by atoms with Gasteiger partial charge >= 0.3 is 24.3 Å². The Bertz CT molecular complexity index is 1880. The standard InChI is InChI=1S/C42H54ClF3N6O8/c1-48(2)36(53)26-59-37(54)14-17-49-15-7-28(8-16-49)29-9-18-50(19-10-29)39(56)35(25-27-23-32(42(44,45)46)38(55)33(43)24-27)60-41(58)51-20-12-31(13-21-51)52-22-11-30-5-3-4-6-34(30)47-40(52)57/h3-6,23-24,28-29,31,35,55H,7-22,25-26H2,1-2H3,(H,47,57)/t35-/m1/s1. The van der Waals surface area contributed by atoms with E-state index in [1.165, 1.54) is 9.80 Å². The van der Waals surface area contributed by atoms with E-state index in [0.29, 0.717) is 70.1 Å². The Balaban J connectivity index is 1.04. The maximum atomic E-state index is 14.2. The molecule has 4 aliphatic heterocycles. The summed E-state index contributed by atoms with van der Waals surface area (Å²) in [6.07, 6.45) is -2.50. The number of likely N-dealkylation sites (N-methyl/N-ethyl adjacent to an activating group) is 1. The molecule has 2 aromatic rings. The molecule has 0 spiro atoms. The summed E-state index contributed by atoms with van der Waals surface area (Å²) in [5.41, 5.74) is 0.431. The summed E-state index contributed by atoms with van der Waals surface area (Å²) in [4.78, 5) is 73.2. The summed E-state index contributed by atoms with van der Waals surface area (Å²) < 4.78 is 52.5. The van der Waals surface area contributed by atoms with Gasteiger partial charge in [-0.2, -0.15) is 13.2 Å². The molecule has 0 aliphatic carbocycles. The summed E-state index contributed by atoms with van der Waals surface area (Å²) in [6, 6.07) is 9.15. The average Bonchev–Trinajstić information content (AvgIpc) is 3.40. The lowest BCUT2D eigenvalue weighted by molar-refractivity contribution is -0.151. The molecule has 4 aliphatic rings. The van der Waals surface area contributed by atoms with Gasteiger partial charge in [0.1, 0.15) is 5.75 Å². The first-order valence-corrected chi connectivity index (χ1v) is 21.0. The Labute approximate surface area is 352 Å². The molecule has 0 aromatic heterocycles. The van der Waals surface area contributed by atoms with E-state index in [4.69, 9.17) is 21.1 Å². The highest BCUT2D eigenvalue weighted by Crippen LogP contribution is 2.41. The van der Waals surface area contributed by atoms with Crippen molar-refractivity contribution in [2.75, 3.05) is 78.4 Å². The van der Waals surface area contributed by atoms with Gasteiger partial charge in [0.15, 0.2) is 12.7 Å². The van der Waals surface area contributed by atoms with Gasteiger partial charge in [0, 0.05) is 71.5 Å². The van der Waals surface area contributed by atoms with Crippen LogP contribution < -0.4 is 5.32 Å². The Morgan fingerprint density at radius 2 is 1.55 bits per heavy atom. The number of esters is 1. The lowest BCUT2D eigenvalue weighted by atomic mass is 9.78. The number of hydrogen-bond donors (Lipinski definition) is 2. The molecule has 0 unspecified atom stereocenters. The van der Waals surface area contributed by atoms with E-state index in [9.17, 15) is 42.3 Å². The molecule has 18 heteroatoms. The van der Waals surface area contributed by atoms with Gasteiger partial charge in [0.05, 0.1) is 17.0 Å². The van der Waals surface area contributed by atoms with Gasteiger partial charge in [-0.1, -0.05) is 29.8 Å². The van der Waals surface area contributed by atoms with E-state index in [0.717, 1.165) is 49.3 Å². The number of benzene rings is 2. The second-order valence-corrected chi connectivity index (χ2v) is 16.7. The zero-order chi connectivity index (χ0) is 43.1. The summed E-state index contributed by atoms with van der Waals surface area (Å²) in [5, 5.41) is 12.5. The molecule has 0 saturated carbocycles. The molecule has 2 aromatic carbocycles. The number of ether oxygens (including phenoxy) is 2. The number of phenolic OH excluding ortho intramolecular Hbond substituents is 1. The van der Waals surface area contributed by atoms with Crippen LogP contribution in [-0.2, 0) is 42.9 Å². The van der Waals surface area contributed by atoms with Crippen LogP contribution in [0.1, 0.15) is 61.6 Å². The minimum absolute atomic E-state index is 0.0277. The fourth-order valence-corrected chi connectivity index (χ4v) is 8.95. The minimum Gasteiger partial charge on any atom is -0.506 e. The topological polar surface area (TPSA) is 152 Å². The number of halogens is 4. The number of hydrogen-bond acceptors (Lipinski definition) is 9. The van der Waals surface area contributed by atoms with Crippen LogP contribution in [0.4, 0.5) is 28.4 Å². The smallest absolute Gasteiger partial charge is 0.420 e. The Kier molecular flexibility index (Phi) is 14.7. The van der Waals surface area contributed by atoms with Crippen molar-refractivity contribution in [3.63, 3.8) is 0 Å². The maximum Gasteiger partial charge on any atom is 0.420 e. The second-order valence-electron chi connectivity index (χ2n) is 16.3. The van der Waals surface area contributed by atoms with Crippen molar-refractivity contribution in [1.29, 1.82) is 0 Å². The number of rotatable bonds is 11. The molecule has 3 saturated heterocycles. The van der Waals surface area contributed by atoms with E-state index in [2.05, 4.69) is 10.2 Å². The molecule has 60 heavy (non-hydrogen) atoms. The second kappa shape index (κ2) is 19.7. The number of carbonyl (C=O) groups is 5. The van der Waals surface area contributed by atoms with Gasteiger partial charge in [-0.3, -0.25) is 14.4 Å². The maximum absolute atomic E-state index is 14.2. The van der Waals surface area contributed by atoms with Crippen molar-refractivity contribution in [2.45, 2.75) is 76.1 Å². The van der Waals surface area contributed by atoms with E-state index in [-0.39, 0.29) is 49.7 Å². The first-order valence-electron chi connectivity index (χ1n) is 20.6. The molecule has 3 fully saturated rings. The molecule has 14 nitrogen and oxygen atoms in total. The highest BCUT2D eigenvalue weighted by atomic mass is 35.5.